The van der Waals surface area contributed by atoms with Crippen molar-refractivity contribution in [3.63, 3.8) is 0 Å². The fourth-order valence-corrected chi connectivity index (χ4v) is 2.64. The van der Waals surface area contributed by atoms with Crippen LogP contribution < -0.4 is 10.1 Å². The van der Waals surface area contributed by atoms with Gasteiger partial charge in [0.25, 0.3) is 0 Å². The summed E-state index contributed by atoms with van der Waals surface area (Å²) < 4.78 is 13.3. The zero-order chi connectivity index (χ0) is 14.8. The third-order valence-electron chi connectivity index (χ3n) is 3.66. The number of methoxy groups -OCH3 is 1. The number of hydrogen-bond donors (Lipinski definition) is 1. The van der Waals surface area contributed by atoms with E-state index in [1.807, 2.05) is 36.0 Å². The van der Waals surface area contributed by atoms with Crippen LogP contribution >= 0.6 is 0 Å². The zero-order valence-corrected chi connectivity index (χ0v) is 12.5. The van der Waals surface area contributed by atoms with Crippen LogP contribution in [0.5, 0.6) is 5.75 Å². The van der Waals surface area contributed by atoms with E-state index in [1.165, 1.54) is 0 Å². The van der Waals surface area contributed by atoms with Crippen molar-refractivity contribution in [2.24, 2.45) is 0 Å². The number of benzene rings is 1. The smallest absolute Gasteiger partial charge is 0.162 e. The molecule has 2 aromatic heterocycles. The van der Waals surface area contributed by atoms with Crippen molar-refractivity contribution in [3.05, 3.63) is 48.0 Å². The summed E-state index contributed by atoms with van der Waals surface area (Å²) in [5.74, 6) is 1.61. The molecule has 0 spiro atoms. The lowest BCUT2D eigenvalue weighted by atomic mass is 10.1. The molecule has 0 aliphatic heterocycles. The Morgan fingerprint density at radius 3 is 2.86 bits per heavy atom. The third kappa shape index (κ3) is 2.29. The van der Waals surface area contributed by atoms with Crippen LogP contribution in [0.15, 0.2) is 40.9 Å². The monoisotopic (exact) mass is 285 g/mol. The molecule has 110 valence electrons. The Hall–Kier alpha value is -2.27. The first-order valence-electron chi connectivity index (χ1n) is 7.04. The number of aromatic nitrogens is 2. The van der Waals surface area contributed by atoms with Gasteiger partial charge in [-0.25, -0.2) is 0 Å². The van der Waals surface area contributed by atoms with E-state index in [4.69, 9.17) is 9.15 Å². The molecule has 21 heavy (non-hydrogen) atoms. The highest BCUT2D eigenvalue weighted by Crippen LogP contribution is 2.32. The number of ether oxygens (including phenoxy) is 1. The molecule has 1 aromatic carbocycles. The number of hydrogen-bond acceptors (Lipinski definition) is 4. The molecule has 1 unspecified atom stereocenters. The average Bonchev–Trinajstić information content (AvgIpc) is 3.11. The molecule has 2 heterocycles. The van der Waals surface area contributed by atoms with E-state index in [2.05, 4.69) is 23.4 Å². The first-order chi connectivity index (χ1) is 10.3. The summed E-state index contributed by atoms with van der Waals surface area (Å²) in [6.45, 7) is 2.83. The van der Waals surface area contributed by atoms with E-state index in [1.54, 1.807) is 13.3 Å². The Morgan fingerprint density at radius 1 is 1.38 bits per heavy atom. The van der Waals surface area contributed by atoms with E-state index >= 15 is 0 Å². The molecule has 1 atom stereocenters. The van der Waals surface area contributed by atoms with Gasteiger partial charge in [0, 0.05) is 11.9 Å². The van der Waals surface area contributed by atoms with E-state index < -0.39 is 0 Å². The molecule has 0 saturated heterocycles. The Kier molecular flexibility index (Phi) is 3.66. The van der Waals surface area contributed by atoms with Gasteiger partial charge in [-0.1, -0.05) is 18.2 Å². The van der Waals surface area contributed by atoms with Gasteiger partial charge in [-0.15, -0.1) is 0 Å². The molecule has 0 radical (unpaired) electrons. The van der Waals surface area contributed by atoms with Crippen molar-refractivity contribution in [3.8, 4) is 5.75 Å². The average molecular weight is 285 g/mol. The Balaban J connectivity index is 2.11. The highest BCUT2D eigenvalue weighted by Gasteiger charge is 2.24. The molecule has 5 nitrogen and oxygen atoms in total. The first-order valence-corrected chi connectivity index (χ1v) is 7.04. The van der Waals surface area contributed by atoms with Crippen LogP contribution in [0.2, 0.25) is 0 Å². The summed E-state index contributed by atoms with van der Waals surface area (Å²) in [4.78, 5) is 0. The molecule has 0 amide bonds. The van der Waals surface area contributed by atoms with Crippen LogP contribution in [-0.4, -0.2) is 23.9 Å². The van der Waals surface area contributed by atoms with Crippen LogP contribution in [0.1, 0.15) is 24.4 Å². The fraction of sp³-hybridized carbons (Fsp3) is 0.312. The first kappa shape index (κ1) is 13.7. The van der Waals surface area contributed by atoms with Gasteiger partial charge in [-0.3, -0.25) is 4.68 Å². The van der Waals surface area contributed by atoms with Crippen LogP contribution in [0.3, 0.4) is 0 Å². The van der Waals surface area contributed by atoms with Crippen molar-refractivity contribution in [1.29, 1.82) is 0 Å². The van der Waals surface area contributed by atoms with Crippen molar-refractivity contribution >= 4 is 11.0 Å². The van der Waals surface area contributed by atoms with Crippen LogP contribution in [0.4, 0.5) is 0 Å². The van der Waals surface area contributed by atoms with Gasteiger partial charge in [0.05, 0.1) is 13.3 Å². The van der Waals surface area contributed by atoms with Gasteiger partial charge in [0.1, 0.15) is 23.1 Å². The van der Waals surface area contributed by atoms with Crippen LogP contribution in [-0.2, 0) is 6.54 Å². The highest BCUT2D eigenvalue weighted by atomic mass is 16.5. The molecule has 3 rings (SSSR count). The summed E-state index contributed by atoms with van der Waals surface area (Å²) in [5.41, 5.74) is 1.86. The minimum atomic E-state index is -0.102. The topological polar surface area (TPSA) is 52.2 Å². The highest BCUT2D eigenvalue weighted by molar-refractivity contribution is 5.78. The van der Waals surface area contributed by atoms with Gasteiger partial charge in [-0.2, -0.15) is 5.10 Å². The maximum atomic E-state index is 5.98. The summed E-state index contributed by atoms with van der Waals surface area (Å²) in [6.07, 6.45) is 1.74. The van der Waals surface area contributed by atoms with Gasteiger partial charge in [0.15, 0.2) is 5.75 Å². The predicted molar refractivity (Wildman–Crippen MR) is 81.6 cm³/mol. The summed E-state index contributed by atoms with van der Waals surface area (Å²) in [7, 11) is 3.57. The minimum absolute atomic E-state index is 0.102. The number of para-hydroxylation sites is 1. The van der Waals surface area contributed by atoms with E-state index in [9.17, 15) is 0 Å². The standard InChI is InChI=1S/C16H19N3O2/c1-4-19-16(14(20-3)10-18-19)15(17-2)13-9-11-7-5-6-8-12(11)21-13/h5-10,15,17H,4H2,1-3H3. The molecule has 0 bridgehead atoms. The second-order valence-corrected chi connectivity index (χ2v) is 4.82. The molecule has 0 saturated carbocycles. The second kappa shape index (κ2) is 5.61. The largest absolute Gasteiger partial charge is 0.493 e. The van der Waals surface area contributed by atoms with Crippen molar-refractivity contribution in [2.75, 3.05) is 14.2 Å². The second-order valence-electron chi connectivity index (χ2n) is 4.82. The predicted octanol–water partition coefficient (Wildman–Crippen LogP) is 2.97. The number of furan rings is 1. The SMILES string of the molecule is CCn1ncc(OC)c1C(NC)c1cc2ccccc2o1. The number of nitrogens with zero attached hydrogens (tertiary/aromatic N) is 2. The molecule has 3 aromatic rings. The minimum Gasteiger partial charge on any atom is -0.493 e. The Morgan fingerprint density at radius 2 is 2.19 bits per heavy atom. The lowest BCUT2D eigenvalue weighted by molar-refractivity contribution is 0.392. The molecule has 5 heteroatoms. The van der Waals surface area contributed by atoms with Crippen LogP contribution in [0.25, 0.3) is 11.0 Å². The van der Waals surface area contributed by atoms with E-state index in [0.29, 0.717) is 0 Å². The Labute approximate surface area is 123 Å². The third-order valence-corrected chi connectivity index (χ3v) is 3.66. The molecular formula is C16H19N3O2. The van der Waals surface area contributed by atoms with E-state index in [0.717, 1.165) is 34.7 Å². The van der Waals surface area contributed by atoms with Crippen molar-refractivity contribution in [2.45, 2.75) is 19.5 Å². The maximum Gasteiger partial charge on any atom is 0.162 e. The quantitative estimate of drug-likeness (QED) is 0.783. The number of nitrogens with one attached hydrogen (secondary N) is 1. The molecular weight excluding hydrogens is 266 g/mol. The van der Waals surface area contributed by atoms with Gasteiger partial charge in [-0.05, 0) is 26.1 Å². The molecule has 1 N–H and O–H groups in total. The Bertz CT molecular complexity index is 690. The number of fused-ring (bicyclic) bond motifs is 1. The lowest BCUT2D eigenvalue weighted by Crippen LogP contribution is -2.21. The molecule has 0 aliphatic carbocycles. The lowest BCUT2D eigenvalue weighted by Gasteiger charge is -2.16. The number of rotatable bonds is 5. The van der Waals surface area contributed by atoms with Gasteiger partial charge in [0.2, 0.25) is 0 Å². The summed E-state index contributed by atoms with van der Waals surface area (Å²) in [5, 5.41) is 8.75. The van der Waals surface area contributed by atoms with E-state index in [-0.39, 0.29) is 6.04 Å². The molecule has 0 aliphatic rings. The van der Waals surface area contributed by atoms with Gasteiger partial charge >= 0.3 is 0 Å². The summed E-state index contributed by atoms with van der Waals surface area (Å²) >= 11 is 0. The zero-order valence-electron chi connectivity index (χ0n) is 12.5. The fourth-order valence-electron chi connectivity index (χ4n) is 2.64. The molecule has 0 fully saturated rings. The number of aryl methyl sites for hydroxylation is 1. The van der Waals surface area contributed by atoms with Gasteiger partial charge < -0.3 is 14.5 Å². The maximum absolute atomic E-state index is 5.98. The normalized spacial score (nSPS) is 12.7. The van der Waals surface area contributed by atoms with Crippen molar-refractivity contribution < 1.29 is 9.15 Å². The van der Waals surface area contributed by atoms with Crippen LogP contribution in [0, 0.1) is 0 Å². The summed E-state index contributed by atoms with van der Waals surface area (Å²) in [6, 6.07) is 9.95. The van der Waals surface area contributed by atoms with Crippen molar-refractivity contribution in [1.82, 2.24) is 15.1 Å².